The van der Waals surface area contributed by atoms with Crippen molar-refractivity contribution in [3.63, 3.8) is 0 Å². The maximum Gasteiger partial charge on any atom is 0.0718 e. The minimum Gasteiger partial charge on any atom is -0.389 e. The molecule has 0 spiro atoms. The zero-order valence-electron chi connectivity index (χ0n) is 12.3. The Morgan fingerprint density at radius 2 is 1.90 bits per heavy atom. The highest BCUT2D eigenvalue weighted by molar-refractivity contribution is 6.33. The molecule has 2 rings (SSSR count). The second-order valence-corrected chi connectivity index (χ2v) is 6.47. The van der Waals surface area contributed by atoms with Crippen molar-refractivity contribution in [1.29, 1.82) is 0 Å². The Bertz CT molecular complexity index is 451. The van der Waals surface area contributed by atoms with Crippen LogP contribution in [-0.2, 0) is 6.54 Å². The van der Waals surface area contributed by atoms with Gasteiger partial charge in [-0.3, -0.25) is 4.90 Å². The van der Waals surface area contributed by atoms with Crippen LogP contribution in [0.15, 0.2) is 18.2 Å². The van der Waals surface area contributed by atoms with Gasteiger partial charge >= 0.3 is 0 Å². The second-order valence-electron chi connectivity index (χ2n) is 6.07. The quantitative estimate of drug-likeness (QED) is 0.888. The topological polar surface area (TPSA) is 52.7 Å². The van der Waals surface area contributed by atoms with E-state index in [1.54, 1.807) is 0 Å². The van der Waals surface area contributed by atoms with E-state index in [0.717, 1.165) is 42.5 Å². The minimum atomic E-state index is -0.636. The van der Waals surface area contributed by atoms with E-state index in [2.05, 4.69) is 15.9 Å². The molecule has 1 saturated heterocycles. The summed E-state index contributed by atoms with van der Waals surface area (Å²) in [5.41, 5.74) is 7.12. The van der Waals surface area contributed by atoms with Crippen molar-refractivity contribution < 1.29 is 5.11 Å². The number of aliphatic hydroxyl groups is 1. The van der Waals surface area contributed by atoms with Gasteiger partial charge in [0.1, 0.15) is 0 Å². The smallest absolute Gasteiger partial charge is 0.0718 e. The first-order valence-corrected chi connectivity index (χ1v) is 7.45. The van der Waals surface area contributed by atoms with E-state index < -0.39 is 5.60 Å². The van der Waals surface area contributed by atoms with Gasteiger partial charge < -0.3 is 15.7 Å². The molecule has 0 aromatic heterocycles. The van der Waals surface area contributed by atoms with Gasteiger partial charge in [-0.1, -0.05) is 17.7 Å². The van der Waals surface area contributed by atoms with Gasteiger partial charge in [0.05, 0.1) is 16.3 Å². The number of nitrogens with two attached hydrogens (primary N) is 1. The third-order valence-corrected chi connectivity index (χ3v) is 3.87. The standard InChI is InChI=1S/C15H24ClN3O/c1-15(2,20)11-18-5-7-19(8-6-18)14-4-3-12(10-17)9-13(14)16/h3-4,9,20H,5-8,10-11,17H2,1-2H3. The van der Waals surface area contributed by atoms with Crippen molar-refractivity contribution in [2.45, 2.75) is 26.0 Å². The van der Waals surface area contributed by atoms with Crippen LogP contribution in [0, 0.1) is 0 Å². The maximum absolute atomic E-state index is 9.87. The SMILES string of the molecule is CC(C)(O)CN1CCN(c2ccc(CN)cc2Cl)CC1. The van der Waals surface area contributed by atoms with E-state index >= 15 is 0 Å². The van der Waals surface area contributed by atoms with Crippen molar-refractivity contribution >= 4 is 17.3 Å². The second kappa shape index (κ2) is 6.31. The molecule has 0 saturated carbocycles. The zero-order chi connectivity index (χ0) is 14.8. The molecule has 112 valence electrons. The van der Waals surface area contributed by atoms with E-state index in [-0.39, 0.29) is 0 Å². The van der Waals surface area contributed by atoms with E-state index in [4.69, 9.17) is 17.3 Å². The number of halogens is 1. The van der Waals surface area contributed by atoms with Gasteiger partial charge in [-0.25, -0.2) is 0 Å². The highest BCUT2D eigenvalue weighted by Crippen LogP contribution is 2.27. The van der Waals surface area contributed by atoms with Crippen molar-refractivity contribution in [2.75, 3.05) is 37.6 Å². The zero-order valence-corrected chi connectivity index (χ0v) is 13.0. The van der Waals surface area contributed by atoms with Crippen LogP contribution in [0.5, 0.6) is 0 Å². The van der Waals surface area contributed by atoms with Crippen molar-refractivity contribution in [3.8, 4) is 0 Å². The predicted octanol–water partition coefficient (Wildman–Crippen LogP) is 1.69. The number of benzene rings is 1. The molecular weight excluding hydrogens is 274 g/mol. The summed E-state index contributed by atoms with van der Waals surface area (Å²) < 4.78 is 0. The molecular formula is C15H24ClN3O. The van der Waals surface area contributed by atoms with Crippen LogP contribution in [0.1, 0.15) is 19.4 Å². The Morgan fingerprint density at radius 1 is 1.25 bits per heavy atom. The molecule has 0 aliphatic carbocycles. The summed E-state index contributed by atoms with van der Waals surface area (Å²) in [6, 6.07) is 6.03. The molecule has 1 heterocycles. The van der Waals surface area contributed by atoms with E-state index in [1.165, 1.54) is 0 Å². The molecule has 1 aliphatic rings. The normalized spacial score (nSPS) is 17.6. The number of hydrogen-bond acceptors (Lipinski definition) is 4. The molecule has 1 fully saturated rings. The molecule has 1 aromatic rings. The molecule has 1 aliphatic heterocycles. The fourth-order valence-electron chi connectivity index (χ4n) is 2.63. The summed E-state index contributed by atoms with van der Waals surface area (Å²) in [5.74, 6) is 0. The molecule has 0 unspecified atom stereocenters. The molecule has 0 atom stereocenters. The molecule has 20 heavy (non-hydrogen) atoms. The predicted molar refractivity (Wildman–Crippen MR) is 84.3 cm³/mol. The maximum atomic E-state index is 9.87. The van der Waals surface area contributed by atoms with Gasteiger partial charge in [-0.2, -0.15) is 0 Å². The van der Waals surface area contributed by atoms with Crippen molar-refractivity contribution in [2.24, 2.45) is 5.73 Å². The van der Waals surface area contributed by atoms with E-state index in [1.807, 2.05) is 26.0 Å². The largest absolute Gasteiger partial charge is 0.389 e. The molecule has 0 amide bonds. The fraction of sp³-hybridized carbons (Fsp3) is 0.600. The number of nitrogens with zero attached hydrogens (tertiary/aromatic N) is 2. The minimum absolute atomic E-state index is 0.513. The number of rotatable bonds is 4. The van der Waals surface area contributed by atoms with E-state index in [0.29, 0.717) is 13.1 Å². The van der Waals surface area contributed by atoms with Gasteiger partial charge in [-0.05, 0) is 31.5 Å². The Balaban J connectivity index is 1.97. The van der Waals surface area contributed by atoms with Crippen LogP contribution in [-0.4, -0.2) is 48.3 Å². The third kappa shape index (κ3) is 4.09. The lowest BCUT2D eigenvalue weighted by atomic mass is 10.1. The van der Waals surface area contributed by atoms with Gasteiger partial charge in [0.2, 0.25) is 0 Å². The van der Waals surface area contributed by atoms with Crippen LogP contribution >= 0.6 is 11.6 Å². The lowest BCUT2D eigenvalue weighted by Crippen LogP contribution is -2.50. The first-order chi connectivity index (χ1) is 9.39. The molecule has 0 radical (unpaired) electrons. The van der Waals surface area contributed by atoms with Crippen LogP contribution in [0.25, 0.3) is 0 Å². The summed E-state index contributed by atoms with van der Waals surface area (Å²) in [4.78, 5) is 4.59. The summed E-state index contributed by atoms with van der Waals surface area (Å²) in [5, 5.41) is 10.6. The first kappa shape index (κ1) is 15.6. The number of piperazine rings is 1. The average Bonchev–Trinajstić information content (AvgIpc) is 2.38. The summed E-state index contributed by atoms with van der Waals surface area (Å²) in [6.07, 6.45) is 0. The molecule has 1 aromatic carbocycles. The monoisotopic (exact) mass is 297 g/mol. The number of anilines is 1. The van der Waals surface area contributed by atoms with Crippen LogP contribution in [0.2, 0.25) is 5.02 Å². The Kier molecular flexibility index (Phi) is 4.91. The average molecular weight is 298 g/mol. The Morgan fingerprint density at radius 3 is 2.40 bits per heavy atom. The lowest BCUT2D eigenvalue weighted by molar-refractivity contribution is 0.0345. The van der Waals surface area contributed by atoms with Gasteiger partial charge in [-0.15, -0.1) is 0 Å². The van der Waals surface area contributed by atoms with Crippen LogP contribution < -0.4 is 10.6 Å². The number of hydrogen-bond donors (Lipinski definition) is 2. The summed E-state index contributed by atoms with van der Waals surface area (Å²) in [6.45, 7) is 8.66. The van der Waals surface area contributed by atoms with Gasteiger partial charge in [0.15, 0.2) is 0 Å². The molecule has 0 bridgehead atoms. The molecule has 3 N–H and O–H groups in total. The molecule has 5 heteroatoms. The highest BCUT2D eigenvalue weighted by Gasteiger charge is 2.23. The Labute approximate surface area is 126 Å². The van der Waals surface area contributed by atoms with Crippen molar-refractivity contribution in [3.05, 3.63) is 28.8 Å². The first-order valence-electron chi connectivity index (χ1n) is 7.07. The van der Waals surface area contributed by atoms with Crippen molar-refractivity contribution in [1.82, 2.24) is 4.90 Å². The van der Waals surface area contributed by atoms with Crippen LogP contribution in [0.4, 0.5) is 5.69 Å². The molecule has 4 nitrogen and oxygen atoms in total. The van der Waals surface area contributed by atoms with Gasteiger partial charge in [0, 0.05) is 39.3 Å². The Hall–Kier alpha value is -0.810. The number of β-amino-alcohol motifs (C(OH)–C–C–N with tert-alkyl or cyclic N) is 1. The third-order valence-electron chi connectivity index (χ3n) is 3.57. The fourth-order valence-corrected chi connectivity index (χ4v) is 2.95. The summed E-state index contributed by atoms with van der Waals surface area (Å²) in [7, 11) is 0. The summed E-state index contributed by atoms with van der Waals surface area (Å²) >= 11 is 6.33. The van der Waals surface area contributed by atoms with Crippen LogP contribution in [0.3, 0.4) is 0 Å². The highest BCUT2D eigenvalue weighted by atomic mass is 35.5. The lowest BCUT2D eigenvalue weighted by Gasteiger charge is -2.38. The van der Waals surface area contributed by atoms with E-state index in [9.17, 15) is 5.11 Å². The van der Waals surface area contributed by atoms with Gasteiger partial charge in [0.25, 0.3) is 0 Å².